The van der Waals surface area contributed by atoms with E-state index in [1.54, 1.807) is 14.2 Å². The van der Waals surface area contributed by atoms with E-state index < -0.39 is 0 Å². The highest BCUT2D eigenvalue weighted by Crippen LogP contribution is 2.33. The van der Waals surface area contributed by atoms with Crippen molar-refractivity contribution in [2.75, 3.05) is 33.9 Å². The first-order valence-corrected chi connectivity index (χ1v) is 9.97. The van der Waals surface area contributed by atoms with Crippen LogP contribution < -0.4 is 20.5 Å². The van der Waals surface area contributed by atoms with Crippen molar-refractivity contribution >= 4 is 5.91 Å². The Kier molecular flexibility index (Phi) is 6.77. The molecule has 1 heterocycles. The van der Waals surface area contributed by atoms with E-state index in [-0.39, 0.29) is 23.9 Å². The lowest BCUT2D eigenvalue weighted by Gasteiger charge is -2.21. The Hall–Kier alpha value is -2.57. The molecule has 6 nitrogen and oxygen atoms in total. The van der Waals surface area contributed by atoms with E-state index in [0.29, 0.717) is 18.0 Å². The molecular formula is C23H31N3O3. The summed E-state index contributed by atoms with van der Waals surface area (Å²) >= 11 is 0. The molecule has 29 heavy (non-hydrogen) atoms. The van der Waals surface area contributed by atoms with Gasteiger partial charge < -0.3 is 20.5 Å². The van der Waals surface area contributed by atoms with Crippen LogP contribution in [0.15, 0.2) is 42.5 Å². The minimum Gasteiger partial charge on any atom is -0.493 e. The van der Waals surface area contributed by atoms with E-state index in [1.807, 2.05) is 44.2 Å². The minimum absolute atomic E-state index is 0.00686. The third kappa shape index (κ3) is 4.89. The zero-order valence-corrected chi connectivity index (χ0v) is 17.6. The standard InChI is InChI=1S/C23H31N3O3/c1-15-10-21(28-3)22(29-4)11-18(15)16(2)25-23(27)14-26-12-19(20(24)13-26)17-8-6-5-7-9-17/h5-11,16,19-20H,12-14,24H2,1-4H3,(H,25,27)/t16?,19-,20+/m0/s1. The van der Waals surface area contributed by atoms with Crippen molar-refractivity contribution in [3.8, 4) is 11.5 Å². The largest absolute Gasteiger partial charge is 0.493 e. The van der Waals surface area contributed by atoms with Gasteiger partial charge in [-0.05, 0) is 42.7 Å². The van der Waals surface area contributed by atoms with Gasteiger partial charge in [0.05, 0.1) is 26.8 Å². The van der Waals surface area contributed by atoms with Crippen LogP contribution in [0, 0.1) is 6.92 Å². The number of amides is 1. The number of aryl methyl sites for hydroxylation is 1. The lowest BCUT2D eigenvalue weighted by Crippen LogP contribution is -2.38. The summed E-state index contributed by atoms with van der Waals surface area (Å²) in [4.78, 5) is 14.8. The molecule has 6 heteroatoms. The molecule has 0 saturated carbocycles. The SMILES string of the molecule is COc1cc(C)c(C(C)NC(=O)CN2C[C@@H](N)[C@H](c3ccccc3)C2)cc1OC. The maximum atomic E-state index is 12.7. The van der Waals surface area contributed by atoms with Crippen LogP contribution in [0.25, 0.3) is 0 Å². The van der Waals surface area contributed by atoms with E-state index >= 15 is 0 Å². The fourth-order valence-corrected chi connectivity index (χ4v) is 4.13. The molecule has 1 unspecified atom stereocenters. The van der Waals surface area contributed by atoms with Crippen LogP contribution >= 0.6 is 0 Å². The molecule has 3 atom stereocenters. The van der Waals surface area contributed by atoms with Crippen molar-refractivity contribution < 1.29 is 14.3 Å². The monoisotopic (exact) mass is 397 g/mol. The normalized spacial score (nSPS) is 20.3. The molecular weight excluding hydrogens is 366 g/mol. The van der Waals surface area contributed by atoms with Crippen LogP contribution in [0.3, 0.4) is 0 Å². The second-order valence-electron chi connectivity index (χ2n) is 7.73. The Morgan fingerprint density at radius 1 is 1.17 bits per heavy atom. The van der Waals surface area contributed by atoms with E-state index in [2.05, 4.69) is 22.3 Å². The smallest absolute Gasteiger partial charge is 0.234 e. The first-order valence-electron chi connectivity index (χ1n) is 9.97. The first-order chi connectivity index (χ1) is 13.9. The Balaban J connectivity index is 1.61. The maximum absolute atomic E-state index is 12.7. The van der Waals surface area contributed by atoms with Crippen LogP contribution in [-0.4, -0.2) is 50.7 Å². The number of hydrogen-bond acceptors (Lipinski definition) is 5. The zero-order valence-electron chi connectivity index (χ0n) is 17.6. The molecule has 1 aliphatic rings. The van der Waals surface area contributed by atoms with Gasteiger partial charge in [-0.1, -0.05) is 30.3 Å². The number of nitrogens with one attached hydrogen (secondary N) is 1. The van der Waals surface area contributed by atoms with Gasteiger partial charge in [-0.25, -0.2) is 0 Å². The molecule has 0 bridgehead atoms. The summed E-state index contributed by atoms with van der Waals surface area (Å²) in [5.74, 6) is 1.60. The number of nitrogens with two attached hydrogens (primary N) is 1. The molecule has 3 N–H and O–H groups in total. The lowest BCUT2D eigenvalue weighted by molar-refractivity contribution is -0.122. The summed E-state index contributed by atoms with van der Waals surface area (Å²) in [6.45, 7) is 5.84. The highest BCUT2D eigenvalue weighted by Gasteiger charge is 2.32. The van der Waals surface area contributed by atoms with E-state index in [1.165, 1.54) is 5.56 Å². The van der Waals surface area contributed by atoms with Gasteiger partial charge >= 0.3 is 0 Å². The molecule has 0 spiro atoms. The van der Waals surface area contributed by atoms with Gasteiger partial charge in [0.25, 0.3) is 0 Å². The van der Waals surface area contributed by atoms with Gasteiger partial charge in [-0.15, -0.1) is 0 Å². The van der Waals surface area contributed by atoms with Crippen LogP contribution in [0.2, 0.25) is 0 Å². The van der Waals surface area contributed by atoms with Gasteiger partial charge in [-0.3, -0.25) is 9.69 Å². The predicted molar refractivity (Wildman–Crippen MR) is 114 cm³/mol. The second kappa shape index (κ2) is 9.29. The molecule has 0 radical (unpaired) electrons. The molecule has 0 aromatic heterocycles. The first kappa shape index (κ1) is 21.1. The highest BCUT2D eigenvalue weighted by molar-refractivity contribution is 5.78. The zero-order chi connectivity index (χ0) is 21.0. The number of hydrogen-bond donors (Lipinski definition) is 2. The topological polar surface area (TPSA) is 76.8 Å². The molecule has 156 valence electrons. The van der Waals surface area contributed by atoms with Gasteiger partial charge in [-0.2, -0.15) is 0 Å². The Morgan fingerprint density at radius 2 is 1.83 bits per heavy atom. The molecule has 0 aliphatic carbocycles. The molecule has 2 aromatic rings. The number of benzene rings is 2. The van der Waals surface area contributed by atoms with Gasteiger partial charge in [0, 0.05) is 25.0 Å². The third-order valence-corrected chi connectivity index (χ3v) is 5.65. The van der Waals surface area contributed by atoms with Crippen molar-refractivity contribution in [2.24, 2.45) is 5.73 Å². The van der Waals surface area contributed by atoms with Crippen LogP contribution in [0.5, 0.6) is 11.5 Å². The summed E-state index contributed by atoms with van der Waals surface area (Å²) in [5.41, 5.74) is 9.64. The average molecular weight is 398 g/mol. The number of nitrogens with zero attached hydrogens (tertiary/aromatic N) is 1. The van der Waals surface area contributed by atoms with Crippen LogP contribution in [0.4, 0.5) is 0 Å². The number of ether oxygens (including phenoxy) is 2. The maximum Gasteiger partial charge on any atom is 0.234 e. The van der Waals surface area contributed by atoms with Crippen molar-refractivity contribution in [3.63, 3.8) is 0 Å². The second-order valence-corrected chi connectivity index (χ2v) is 7.73. The minimum atomic E-state index is -0.136. The summed E-state index contributed by atoms with van der Waals surface area (Å²) < 4.78 is 10.7. The molecule has 3 rings (SSSR count). The summed E-state index contributed by atoms with van der Waals surface area (Å²) in [6.07, 6.45) is 0. The molecule has 1 fully saturated rings. The van der Waals surface area contributed by atoms with Crippen molar-refractivity contribution in [3.05, 3.63) is 59.2 Å². The molecule has 1 aliphatic heterocycles. The fourth-order valence-electron chi connectivity index (χ4n) is 4.13. The average Bonchev–Trinajstić information content (AvgIpc) is 3.07. The molecule has 1 saturated heterocycles. The lowest BCUT2D eigenvalue weighted by atomic mass is 9.95. The molecule has 2 aromatic carbocycles. The van der Waals surface area contributed by atoms with E-state index in [9.17, 15) is 4.79 Å². The Morgan fingerprint density at radius 3 is 2.48 bits per heavy atom. The Bertz CT molecular complexity index is 841. The number of carbonyl (C=O) groups is 1. The summed E-state index contributed by atoms with van der Waals surface area (Å²) in [5, 5.41) is 3.10. The van der Waals surface area contributed by atoms with Crippen molar-refractivity contribution in [1.29, 1.82) is 0 Å². The summed E-state index contributed by atoms with van der Waals surface area (Å²) in [7, 11) is 3.23. The number of methoxy groups -OCH3 is 2. The van der Waals surface area contributed by atoms with Gasteiger partial charge in [0.2, 0.25) is 5.91 Å². The van der Waals surface area contributed by atoms with Crippen LogP contribution in [0.1, 0.15) is 35.6 Å². The van der Waals surface area contributed by atoms with Crippen molar-refractivity contribution in [2.45, 2.75) is 31.8 Å². The highest BCUT2D eigenvalue weighted by atomic mass is 16.5. The quantitative estimate of drug-likeness (QED) is 0.751. The summed E-state index contributed by atoms with van der Waals surface area (Å²) in [6, 6.07) is 14.0. The number of carbonyl (C=O) groups excluding carboxylic acids is 1. The predicted octanol–water partition coefficient (Wildman–Crippen LogP) is 2.62. The number of likely N-dealkylation sites (tertiary alicyclic amines) is 1. The number of rotatable bonds is 7. The van der Waals surface area contributed by atoms with E-state index in [4.69, 9.17) is 15.2 Å². The van der Waals surface area contributed by atoms with Gasteiger partial charge in [0.15, 0.2) is 11.5 Å². The van der Waals surface area contributed by atoms with Gasteiger partial charge in [0.1, 0.15) is 0 Å². The van der Waals surface area contributed by atoms with E-state index in [0.717, 1.165) is 24.2 Å². The van der Waals surface area contributed by atoms with Crippen molar-refractivity contribution in [1.82, 2.24) is 10.2 Å². The molecule has 1 amide bonds. The fraction of sp³-hybridized carbons (Fsp3) is 0.435. The Labute approximate surface area is 173 Å². The third-order valence-electron chi connectivity index (χ3n) is 5.65. The van der Waals surface area contributed by atoms with Crippen LogP contribution in [-0.2, 0) is 4.79 Å².